The predicted octanol–water partition coefficient (Wildman–Crippen LogP) is 3.45. The van der Waals surface area contributed by atoms with Gasteiger partial charge in [0.1, 0.15) is 0 Å². The summed E-state index contributed by atoms with van der Waals surface area (Å²) in [5.74, 6) is 0. The van der Waals surface area contributed by atoms with Crippen LogP contribution >= 0.6 is 11.3 Å². The summed E-state index contributed by atoms with van der Waals surface area (Å²) in [4.78, 5) is 1.39. The summed E-state index contributed by atoms with van der Waals surface area (Å²) < 4.78 is 1.93. The van der Waals surface area contributed by atoms with Crippen molar-refractivity contribution in [3.05, 3.63) is 34.3 Å². The van der Waals surface area contributed by atoms with Gasteiger partial charge in [-0.1, -0.05) is 0 Å². The number of nitrogens with zero attached hydrogens (tertiary/aromatic N) is 2. The Balaban J connectivity index is 2.07. The van der Waals surface area contributed by atoms with Gasteiger partial charge in [-0.2, -0.15) is 5.10 Å². The molecule has 0 radical (unpaired) electrons. The highest BCUT2D eigenvalue weighted by atomic mass is 32.1. The minimum atomic E-state index is 0.342. The molecule has 0 bridgehead atoms. The molecular weight excluding hydrogens is 218 g/mol. The van der Waals surface area contributed by atoms with Crippen LogP contribution in [0.1, 0.15) is 30.3 Å². The molecule has 2 heterocycles. The van der Waals surface area contributed by atoms with Gasteiger partial charge in [0.25, 0.3) is 0 Å². The SMILES string of the molecule is CCn1cc(NC(C)c2sccc2C)cn1. The lowest BCUT2D eigenvalue weighted by Gasteiger charge is -2.12. The first-order valence-corrected chi connectivity index (χ1v) is 6.41. The molecule has 2 rings (SSSR count). The van der Waals surface area contributed by atoms with Gasteiger partial charge < -0.3 is 5.32 Å². The minimum absolute atomic E-state index is 0.342. The monoisotopic (exact) mass is 235 g/mol. The second-order valence-electron chi connectivity index (χ2n) is 3.92. The minimum Gasteiger partial charge on any atom is -0.375 e. The number of nitrogens with one attached hydrogen (secondary N) is 1. The molecule has 0 aliphatic rings. The number of anilines is 1. The third-order valence-electron chi connectivity index (χ3n) is 2.64. The van der Waals surface area contributed by atoms with E-state index >= 15 is 0 Å². The Bertz CT molecular complexity index is 458. The Morgan fingerprint density at radius 2 is 2.38 bits per heavy atom. The van der Waals surface area contributed by atoms with Crippen LogP contribution in [0, 0.1) is 6.92 Å². The van der Waals surface area contributed by atoms with Crippen LogP contribution < -0.4 is 5.32 Å². The van der Waals surface area contributed by atoms with E-state index < -0.39 is 0 Å². The van der Waals surface area contributed by atoms with Gasteiger partial charge in [0.2, 0.25) is 0 Å². The van der Waals surface area contributed by atoms with Crippen LogP contribution in [0.3, 0.4) is 0 Å². The quantitative estimate of drug-likeness (QED) is 0.879. The number of hydrogen-bond acceptors (Lipinski definition) is 3. The standard InChI is InChI=1S/C12H17N3S/c1-4-15-8-11(7-13-15)14-10(3)12-9(2)5-6-16-12/h5-8,10,14H,4H2,1-3H3. The highest BCUT2D eigenvalue weighted by molar-refractivity contribution is 7.10. The second kappa shape index (κ2) is 4.70. The van der Waals surface area contributed by atoms with Crippen LogP contribution in [-0.4, -0.2) is 9.78 Å². The summed E-state index contributed by atoms with van der Waals surface area (Å²) in [6.07, 6.45) is 3.92. The van der Waals surface area contributed by atoms with Crippen molar-refractivity contribution in [2.24, 2.45) is 0 Å². The first kappa shape index (κ1) is 11.2. The van der Waals surface area contributed by atoms with Crippen LogP contribution in [0.2, 0.25) is 0 Å². The van der Waals surface area contributed by atoms with Crippen molar-refractivity contribution in [1.82, 2.24) is 9.78 Å². The van der Waals surface area contributed by atoms with Crippen molar-refractivity contribution in [3.63, 3.8) is 0 Å². The molecule has 2 aromatic rings. The molecule has 4 heteroatoms. The Hall–Kier alpha value is -1.29. The molecule has 0 spiro atoms. The van der Waals surface area contributed by atoms with Gasteiger partial charge in [-0.25, -0.2) is 0 Å². The normalized spacial score (nSPS) is 12.7. The molecule has 0 fully saturated rings. The maximum atomic E-state index is 4.25. The smallest absolute Gasteiger partial charge is 0.0731 e. The number of rotatable bonds is 4. The summed E-state index contributed by atoms with van der Waals surface area (Å²) in [6.45, 7) is 7.33. The van der Waals surface area contributed by atoms with E-state index in [1.54, 1.807) is 11.3 Å². The first-order chi connectivity index (χ1) is 7.70. The fourth-order valence-corrected chi connectivity index (χ4v) is 2.69. The lowest BCUT2D eigenvalue weighted by atomic mass is 10.2. The lowest BCUT2D eigenvalue weighted by molar-refractivity contribution is 0.660. The zero-order valence-electron chi connectivity index (χ0n) is 9.90. The van der Waals surface area contributed by atoms with Crippen molar-refractivity contribution in [3.8, 4) is 0 Å². The fraction of sp³-hybridized carbons (Fsp3) is 0.417. The topological polar surface area (TPSA) is 29.9 Å². The van der Waals surface area contributed by atoms with E-state index in [1.807, 2.05) is 17.1 Å². The molecule has 0 aromatic carbocycles. The van der Waals surface area contributed by atoms with Crippen molar-refractivity contribution in [1.29, 1.82) is 0 Å². The third-order valence-corrected chi connectivity index (χ3v) is 3.84. The lowest BCUT2D eigenvalue weighted by Crippen LogP contribution is -2.05. The van der Waals surface area contributed by atoms with Crippen molar-refractivity contribution >= 4 is 17.0 Å². The van der Waals surface area contributed by atoms with E-state index in [1.165, 1.54) is 10.4 Å². The number of hydrogen-bond donors (Lipinski definition) is 1. The zero-order valence-corrected chi connectivity index (χ0v) is 10.7. The number of aromatic nitrogens is 2. The van der Waals surface area contributed by atoms with E-state index in [-0.39, 0.29) is 0 Å². The van der Waals surface area contributed by atoms with Gasteiger partial charge in [0.05, 0.1) is 17.9 Å². The molecule has 16 heavy (non-hydrogen) atoms. The highest BCUT2D eigenvalue weighted by Gasteiger charge is 2.10. The molecule has 0 aliphatic heterocycles. The molecule has 1 atom stereocenters. The van der Waals surface area contributed by atoms with Crippen LogP contribution in [0.25, 0.3) is 0 Å². The average molecular weight is 235 g/mol. The molecule has 0 saturated heterocycles. The van der Waals surface area contributed by atoms with Gasteiger partial charge in [-0.3, -0.25) is 4.68 Å². The molecule has 3 nitrogen and oxygen atoms in total. The van der Waals surface area contributed by atoms with Gasteiger partial charge >= 0.3 is 0 Å². The van der Waals surface area contributed by atoms with Gasteiger partial charge in [0.15, 0.2) is 0 Å². The summed E-state index contributed by atoms with van der Waals surface area (Å²) >= 11 is 1.80. The highest BCUT2D eigenvalue weighted by Crippen LogP contribution is 2.26. The van der Waals surface area contributed by atoms with Crippen LogP contribution in [0.15, 0.2) is 23.8 Å². The third kappa shape index (κ3) is 2.27. The maximum absolute atomic E-state index is 4.25. The first-order valence-electron chi connectivity index (χ1n) is 5.53. The fourth-order valence-electron chi connectivity index (χ4n) is 1.75. The van der Waals surface area contributed by atoms with Gasteiger partial charge in [-0.05, 0) is 37.8 Å². The number of thiophene rings is 1. The Labute approximate surface area is 100 Å². The Morgan fingerprint density at radius 3 is 2.94 bits per heavy atom. The summed E-state index contributed by atoms with van der Waals surface area (Å²) in [5, 5.41) is 9.85. The molecule has 86 valence electrons. The molecule has 1 N–H and O–H groups in total. The molecule has 1 unspecified atom stereocenters. The van der Waals surface area contributed by atoms with E-state index in [0.29, 0.717) is 6.04 Å². The predicted molar refractivity (Wildman–Crippen MR) is 69.0 cm³/mol. The van der Waals surface area contributed by atoms with Crippen LogP contribution in [-0.2, 0) is 6.54 Å². The molecular formula is C12H17N3S. The Morgan fingerprint density at radius 1 is 1.56 bits per heavy atom. The van der Waals surface area contributed by atoms with Crippen molar-refractivity contribution in [2.45, 2.75) is 33.4 Å². The summed E-state index contributed by atoms with van der Waals surface area (Å²) in [7, 11) is 0. The van der Waals surface area contributed by atoms with E-state index in [2.05, 4.69) is 42.6 Å². The average Bonchev–Trinajstić information content (AvgIpc) is 2.86. The van der Waals surface area contributed by atoms with Crippen LogP contribution in [0.5, 0.6) is 0 Å². The Kier molecular flexibility index (Phi) is 3.29. The van der Waals surface area contributed by atoms with Crippen molar-refractivity contribution < 1.29 is 0 Å². The van der Waals surface area contributed by atoms with E-state index in [9.17, 15) is 0 Å². The maximum Gasteiger partial charge on any atom is 0.0731 e. The zero-order chi connectivity index (χ0) is 11.5. The molecule has 2 aromatic heterocycles. The van der Waals surface area contributed by atoms with Gasteiger partial charge in [0, 0.05) is 17.6 Å². The molecule has 0 saturated carbocycles. The second-order valence-corrected chi connectivity index (χ2v) is 4.87. The summed E-state index contributed by atoms with van der Waals surface area (Å²) in [5.41, 5.74) is 2.44. The van der Waals surface area contributed by atoms with E-state index in [4.69, 9.17) is 0 Å². The number of aryl methyl sites for hydroxylation is 2. The molecule has 0 amide bonds. The molecule has 0 aliphatic carbocycles. The van der Waals surface area contributed by atoms with Crippen molar-refractivity contribution in [2.75, 3.05) is 5.32 Å². The van der Waals surface area contributed by atoms with E-state index in [0.717, 1.165) is 12.2 Å². The van der Waals surface area contributed by atoms with Crippen LogP contribution in [0.4, 0.5) is 5.69 Å². The summed E-state index contributed by atoms with van der Waals surface area (Å²) in [6, 6.07) is 2.50. The largest absolute Gasteiger partial charge is 0.375 e. The van der Waals surface area contributed by atoms with Gasteiger partial charge in [-0.15, -0.1) is 11.3 Å².